The van der Waals surface area contributed by atoms with Crippen molar-refractivity contribution in [1.82, 2.24) is 0 Å². The van der Waals surface area contributed by atoms with Crippen LogP contribution in [0.25, 0.3) is 17.3 Å². The molecule has 22 heavy (non-hydrogen) atoms. The largest absolute Gasteiger partial charge is 0.214 e. The maximum Gasteiger partial charge on any atom is 0.156 e. The van der Waals surface area contributed by atoms with Crippen LogP contribution in [0.1, 0.15) is 30.5 Å². The van der Waals surface area contributed by atoms with Crippen molar-refractivity contribution < 1.29 is 8.63 Å². The Morgan fingerprint density at radius 3 is 2.77 bits per heavy atom. The van der Waals surface area contributed by atoms with Gasteiger partial charge in [-0.1, -0.05) is 30.7 Å². The molecule has 0 N–H and O–H groups in total. The van der Waals surface area contributed by atoms with Crippen molar-refractivity contribution in [2.75, 3.05) is 0 Å². The molecule has 2 aromatic rings. The topological polar surface area (TPSA) is 5.90 Å². The molecule has 110 valence electrons. The van der Waals surface area contributed by atoms with Gasteiger partial charge in [0.25, 0.3) is 0 Å². The highest BCUT2D eigenvalue weighted by Gasteiger charge is 2.40. The van der Waals surface area contributed by atoms with E-state index in [1.807, 2.05) is 23.4 Å². The summed E-state index contributed by atoms with van der Waals surface area (Å²) in [5.74, 6) is 1.02. The second kappa shape index (κ2) is 4.10. The van der Waals surface area contributed by atoms with Crippen molar-refractivity contribution >= 4 is 6.08 Å². The highest BCUT2D eigenvalue weighted by atomic mass is 19.1. The summed E-state index contributed by atoms with van der Waals surface area (Å²) in [4.78, 5) is 0. The van der Waals surface area contributed by atoms with E-state index in [0.29, 0.717) is 0 Å². The monoisotopic (exact) mass is 291 g/mol. The SMILES string of the molecule is C=[n+]1ccc2c3c1-c1c(C)ccc(F)c1C(C)(C)[C-]3C=CC=2. The Labute approximate surface area is 129 Å². The number of benzene rings is 1. The number of allylic oxidation sites excluding steroid dienone is 2. The van der Waals surface area contributed by atoms with E-state index in [4.69, 9.17) is 0 Å². The van der Waals surface area contributed by atoms with Crippen LogP contribution in [0.15, 0.2) is 36.5 Å². The summed E-state index contributed by atoms with van der Waals surface area (Å²) in [5.41, 5.74) is 4.68. The van der Waals surface area contributed by atoms with E-state index in [2.05, 4.69) is 44.9 Å². The van der Waals surface area contributed by atoms with E-state index in [9.17, 15) is 4.39 Å². The van der Waals surface area contributed by atoms with Gasteiger partial charge in [0.1, 0.15) is 18.2 Å². The van der Waals surface area contributed by atoms with Gasteiger partial charge in [-0.05, 0) is 35.6 Å². The van der Waals surface area contributed by atoms with Crippen molar-refractivity contribution in [3.63, 3.8) is 0 Å². The molecule has 4 rings (SSSR count). The Kier molecular flexibility index (Phi) is 2.48. The zero-order chi connectivity index (χ0) is 15.6. The molecule has 1 aromatic heterocycles. The molecule has 0 radical (unpaired) electrons. The van der Waals surface area contributed by atoms with E-state index < -0.39 is 0 Å². The quantitative estimate of drug-likeness (QED) is 0.519. The molecule has 1 heterocycles. The van der Waals surface area contributed by atoms with Crippen molar-refractivity contribution in [2.45, 2.75) is 26.2 Å². The highest BCUT2D eigenvalue weighted by Crippen LogP contribution is 2.50. The predicted octanol–water partition coefficient (Wildman–Crippen LogP) is 3.29. The smallest absolute Gasteiger partial charge is 0.156 e. The zero-order valence-corrected chi connectivity index (χ0v) is 13.1. The first kappa shape index (κ1) is 13.3. The molecule has 0 amide bonds. The third-order valence-corrected chi connectivity index (χ3v) is 4.95. The van der Waals surface area contributed by atoms with Gasteiger partial charge in [0.2, 0.25) is 0 Å². The van der Waals surface area contributed by atoms with Gasteiger partial charge in [-0.3, -0.25) is 0 Å². The van der Waals surface area contributed by atoms with Gasteiger partial charge >= 0.3 is 0 Å². The van der Waals surface area contributed by atoms with E-state index in [1.165, 1.54) is 10.8 Å². The number of pyridine rings is 1. The molecule has 1 aromatic carbocycles. The van der Waals surface area contributed by atoms with Crippen LogP contribution in [0, 0.1) is 25.4 Å². The maximum atomic E-state index is 14.7. The second-order valence-corrected chi connectivity index (χ2v) is 6.64. The Morgan fingerprint density at radius 1 is 1.23 bits per heavy atom. The standard InChI is InChI=1S/C20H18FN/c1-12-8-9-15(21)18-16(12)19-17-13(10-11-22(19)4)6-5-7-14(17)20(18,2)3/h5-11H,4H2,1-3H3. The van der Waals surface area contributed by atoms with Crippen molar-refractivity contribution in [3.8, 4) is 11.3 Å². The summed E-state index contributed by atoms with van der Waals surface area (Å²) in [6.07, 6.45) is 8.22. The molecule has 0 atom stereocenters. The number of halogens is 1. The third kappa shape index (κ3) is 1.47. The summed E-state index contributed by atoms with van der Waals surface area (Å²) in [6, 6.07) is 5.51. The van der Waals surface area contributed by atoms with Crippen LogP contribution in [0.5, 0.6) is 0 Å². The predicted molar refractivity (Wildman–Crippen MR) is 86.1 cm³/mol. The summed E-state index contributed by atoms with van der Waals surface area (Å²) in [5, 5.41) is 1.18. The second-order valence-electron chi connectivity index (χ2n) is 6.64. The summed E-state index contributed by atoms with van der Waals surface area (Å²) in [7, 11) is 0. The summed E-state index contributed by atoms with van der Waals surface area (Å²) >= 11 is 0. The number of aryl methyl sites for hydroxylation is 1. The molecule has 0 saturated carbocycles. The molecule has 0 aliphatic heterocycles. The Balaban J connectivity index is 2.29. The Hall–Kier alpha value is -2.35. The highest BCUT2D eigenvalue weighted by molar-refractivity contribution is 5.80. The molecule has 0 fully saturated rings. The number of hydrogen-bond acceptors (Lipinski definition) is 0. The van der Waals surface area contributed by atoms with Crippen molar-refractivity contribution in [2.24, 2.45) is 0 Å². The van der Waals surface area contributed by atoms with Gasteiger partial charge in [-0.15, -0.1) is 24.1 Å². The van der Waals surface area contributed by atoms with E-state index in [-0.39, 0.29) is 11.2 Å². The van der Waals surface area contributed by atoms with Crippen LogP contribution in [0.3, 0.4) is 0 Å². The zero-order valence-electron chi connectivity index (χ0n) is 13.1. The van der Waals surface area contributed by atoms with Crippen LogP contribution in [0.2, 0.25) is 0 Å². The minimum atomic E-state index is -0.369. The Bertz CT molecular complexity index is 951. The molecule has 0 spiro atoms. The van der Waals surface area contributed by atoms with Gasteiger partial charge in [-0.2, -0.15) is 0 Å². The maximum absolute atomic E-state index is 14.7. The van der Waals surface area contributed by atoms with Crippen LogP contribution in [0.4, 0.5) is 4.39 Å². The fourth-order valence-electron chi connectivity index (χ4n) is 3.88. The lowest BCUT2D eigenvalue weighted by molar-refractivity contribution is -0.486. The first-order chi connectivity index (χ1) is 10.4. The number of fused-ring (bicyclic) bond motifs is 2. The van der Waals surface area contributed by atoms with Gasteiger partial charge in [-0.25, -0.2) is 8.63 Å². The average molecular weight is 291 g/mol. The molecule has 2 aliphatic carbocycles. The van der Waals surface area contributed by atoms with Crippen molar-refractivity contribution in [1.29, 1.82) is 0 Å². The van der Waals surface area contributed by atoms with Crippen LogP contribution in [-0.2, 0) is 5.41 Å². The Morgan fingerprint density at radius 2 is 2.00 bits per heavy atom. The minimum Gasteiger partial charge on any atom is -0.214 e. The molecule has 1 nitrogen and oxygen atoms in total. The molecule has 2 aliphatic rings. The van der Waals surface area contributed by atoms with E-state index in [0.717, 1.165) is 28.3 Å². The molecule has 0 bridgehead atoms. The minimum absolute atomic E-state index is 0.142. The molecular weight excluding hydrogens is 273 g/mol. The lowest BCUT2D eigenvalue weighted by atomic mass is 9.62. The lowest BCUT2D eigenvalue weighted by Gasteiger charge is -2.45. The number of aromatic nitrogens is 1. The summed E-state index contributed by atoms with van der Waals surface area (Å²) < 4.78 is 16.6. The lowest BCUT2D eigenvalue weighted by Crippen LogP contribution is -2.41. The van der Waals surface area contributed by atoms with Gasteiger partial charge in [0.05, 0.1) is 0 Å². The van der Waals surface area contributed by atoms with Crippen LogP contribution in [-0.4, -0.2) is 0 Å². The third-order valence-electron chi connectivity index (χ3n) is 4.95. The average Bonchev–Trinajstić information content (AvgIpc) is 2.48. The normalized spacial score (nSPS) is 16.8. The van der Waals surface area contributed by atoms with Crippen LogP contribution >= 0.6 is 0 Å². The van der Waals surface area contributed by atoms with Gasteiger partial charge < -0.3 is 0 Å². The number of hydrogen-bond donors (Lipinski definition) is 0. The first-order valence-corrected chi connectivity index (χ1v) is 7.51. The van der Waals surface area contributed by atoms with Gasteiger partial charge in [0, 0.05) is 5.56 Å². The number of rotatable bonds is 0. The summed E-state index contributed by atoms with van der Waals surface area (Å²) in [6.45, 7) is 10.4. The van der Waals surface area contributed by atoms with E-state index >= 15 is 0 Å². The molecular formula is C20H18FN. The van der Waals surface area contributed by atoms with E-state index in [1.54, 1.807) is 6.07 Å². The van der Waals surface area contributed by atoms with Gasteiger partial charge in [0.15, 0.2) is 6.20 Å². The molecule has 0 saturated heterocycles. The first-order valence-electron chi connectivity index (χ1n) is 7.51. The molecule has 2 heteroatoms. The fourth-order valence-corrected chi connectivity index (χ4v) is 3.88. The fraction of sp³-hybridized carbons (Fsp3) is 0.200. The van der Waals surface area contributed by atoms with Crippen molar-refractivity contribution in [3.05, 3.63) is 76.9 Å². The number of nitrogens with zero attached hydrogens (tertiary/aromatic N) is 1. The molecule has 0 unspecified atom stereocenters. The van der Waals surface area contributed by atoms with Crippen LogP contribution < -0.4 is 9.46 Å².